The Hall–Kier alpha value is -3.32. The highest BCUT2D eigenvalue weighted by molar-refractivity contribution is 7.86. The Balaban J connectivity index is 1.91. The first-order valence-corrected chi connectivity index (χ1v) is 12.7. The van der Waals surface area contributed by atoms with Gasteiger partial charge in [-0.2, -0.15) is 26.7 Å². The predicted molar refractivity (Wildman–Crippen MR) is 128 cm³/mol. The number of ether oxygens (including phenoxy) is 1. The molecular formula is C23H26F3N5O4S. The Morgan fingerprint density at radius 1 is 1.11 bits per heavy atom. The number of anilines is 2. The topological polar surface area (TPSA) is 98.6 Å². The number of aromatic nitrogens is 3. The molecule has 0 bridgehead atoms. The maximum Gasteiger partial charge on any atom is 0.417 e. The number of hydrogen-bond acceptors (Lipinski definition) is 8. The number of hydrogen-bond donors (Lipinski definition) is 1. The van der Waals surface area contributed by atoms with E-state index in [0.717, 1.165) is 23.1 Å². The quantitative estimate of drug-likeness (QED) is 0.515. The minimum absolute atomic E-state index is 0.0257. The number of fused-ring (bicyclic) bond motifs is 1. The zero-order valence-corrected chi connectivity index (χ0v) is 21.3. The number of alkyl halides is 3. The summed E-state index contributed by atoms with van der Waals surface area (Å²) in [7, 11) is -1.02. The molecule has 4 rings (SSSR count). The zero-order valence-electron chi connectivity index (χ0n) is 20.5. The largest absolute Gasteiger partial charge is 0.479 e. The van der Waals surface area contributed by atoms with E-state index in [2.05, 4.69) is 15.4 Å². The summed E-state index contributed by atoms with van der Waals surface area (Å²) in [4.78, 5) is 4.29. The summed E-state index contributed by atoms with van der Waals surface area (Å²) in [6, 6.07) is 8.12. The molecule has 0 saturated carbocycles. The van der Waals surface area contributed by atoms with Crippen molar-refractivity contribution < 1.29 is 30.6 Å². The molecule has 36 heavy (non-hydrogen) atoms. The zero-order chi connectivity index (χ0) is 26.6. The fourth-order valence-corrected chi connectivity index (χ4v) is 4.38. The van der Waals surface area contributed by atoms with Crippen LogP contribution in [0.2, 0.25) is 0 Å². The van der Waals surface area contributed by atoms with E-state index in [9.17, 15) is 21.6 Å². The number of aryl methyl sites for hydroxylation is 1. The number of halogens is 3. The molecule has 0 radical (unpaired) electrons. The maximum atomic E-state index is 13.7. The molecular weight excluding hydrogens is 499 g/mol. The van der Waals surface area contributed by atoms with Gasteiger partial charge in [-0.25, -0.2) is 10.0 Å². The minimum Gasteiger partial charge on any atom is -0.479 e. The third kappa shape index (κ3) is 4.85. The van der Waals surface area contributed by atoms with Crippen molar-refractivity contribution in [3.63, 3.8) is 0 Å². The first kappa shape index (κ1) is 25.8. The Bertz CT molecular complexity index is 1410. The third-order valence-electron chi connectivity index (χ3n) is 5.60. The van der Waals surface area contributed by atoms with Gasteiger partial charge in [-0.15, -0.1) is 4.28 Å². The van der Waals surface area contributed by atoms with Crippen molar-refractivity contribution in [1.29, 1.82) is 0 Å². The molecule has 9 nitrogen and oxygen atoms in total. The summed E-state index contributed by atoms with van der Waals surface area (Å²) < 4.78 is 77.9. The highest BCUT2D eigenvalue weighted by Crippen LogP contribution is 2.49. The van der Waals surface area contributed by atoms with Crippen molar-refractivity contribution >= 4 is 21.5 Å². The Kier molecular flexibility index (Phi) is 6.20. The van der Waals surface area contributed by atoms with Crippen molar-refractivity contribution in [3.8, 4) is 17.1 Å². The fourth-order valence-electron chi connectivity index (χ4n) is 3.92. The van der Waals surface area contributed by atoms with Crippen LogP contribution in [0.25, 0.3) is 11.3 Å². The van der Waals surface area contributed by atoms with Crippen LogP contribution in [0.4, 0.5) is 24.5 Å². The van der Waals surface area contributed by atoms with Gasteiger partial charge in [0.15, 0.2) is 6.17 Å². The van der Waals surface area contributed by atoms with E-state index in [0.29, 0.717) is 5.69 Å². The number of pyridine rings is 1. The van der Waals surface area contributed by atoms with E-state index >= 15 is 0 Å². The molecule has 3 heterocycles. The lowest BCUT2D eigenvalue weighted by Gasteiger charge is -2.24. The van der Waals surface area contributed by atoms with Crippen LogP contribution in [0, 0.1) is 0 Å². The molecule has 2 aromatic heterocycles. The van der Waals surface area contributed by atoms with Crippen molar-refractivity contribution in [2.24, 2.45) is 7.05 Å². The molecule has 1 N–H and O–H groups in total. The lowest BCUT2D eigenvalue weighted by atomic mass is 9.92. The van der Waals surface area contributed by atoms with Gasteiger partial charge in [-0.1, -0.05) is 39.0 Å². The highest BCUT2D eigenvalue weighted by atomic mass is 32.2. The molecule has 0 fully saturated rings. The van der Waals surface area contributed by atoms with Gasteiger partial charge in [0.05, 0.1) is 41.7 Å². The van der Waals surface area contributed by atoms with Crippen LogP contribution in [-0.2, 0) is 33.0 Å². The number of nitrogens with one attached hydrogen (secondary N) is 1. The van der Waals surface area contributed by atoms with Crippen LogP contribution in [-0.4, -0.2) is 36.5 Å². The second-order valence-electron chi connectivity index (χ2n) is 9.43. The Morgan fingerprint density at radius 3 is 2.33 bits per heavy atom. The van der Waals surface area contributed by atoms with Gasteiger partial charge in [-0.05, 0) is 18.2 Å². The molecule has 194 valence electrons. The van der Waals surface area contributed by atoms with Crippen LogP contribution in [0.15, 0.2) is 36.4 Å². The van der Waals surface area contributed by atoms with E-state index in [4.69, 9.17) is 9.02 Å². The van der Waals surface area contributed by atoms with Crippen LogP contribution in [0.3, 0.4) is 0 Å². The van der Waals surface area contributed by atoms with E-state index < -0.39 is 28.0 Å². The minimum atomic E-state index is -4.63. The Labute approximate surface area is 206 Å². The number of methoxy groups -OCH3 is 1. The molecule has 0 saturated heterocycles. The molecule has 1 unspecified atom stereocenters. The summed E-state index contributed by atoms with van der Waals surface area (Å²) in [6.45, 7) is 5.95. The molecule has 0 aliphatic carbocycles. The van der Waals surface area contributed by atoms with Crippen molar-refractivity contribution in [2.75, 3.05) is 23.7 Å². The van der Waals surface area contributed by atoms with Crippen molar-refractivity contribution in [2.45, 2.75) is 38.5 Å². The van der Waals surface area contributed by atoms with E-state index in [1.165, 1.54) is 31.4 Å². The van der Waals surface area contributed by atoms with Crippen LogP contribution < -0.4 is 15.1 Å². The molecule has 3 aromatic rings. The monoisotopic (exact) mass is 525 g/mol. The lowest BCUT2D eigenvalue weighted by Crippen LogP contribution is -2.32. The fraction of sp³-hybridized carbons (Fsp3) is 0.391. The van der Waals surface area contributed by atoms with E-state index in [-0.39, 0.29) is 33.9 Å². The van der Waals surface area contributed by atoms with Crippen molar-refractivity contribution in [1.82, 2.24) is 14.8 Å². The standard InChI is InChI=1S/C23H26F3N5O4S/c1-22(2,3)18-12-17(30(4)29-18)20-28-19-16(31(20)35-36(6,32)33)11-15(27-21(19)34-5)13-9-7-8-10-14(13)23(24,25)26/h7-12,20,28H,1-6H3. The molecule has 0 amide bonds. The van der Waals surface area contributed by atoms with Gasteiger partial charge < -0.3 is 10.1 Å². The maximum absolute atomic E-state index is 13.7. The second kappa shape index (κ2) is 8.66. The number of rotatable bonds is 5. The van der Waals surface area contributed by atoms with Crippen LogP contribution in [0.1, 0.15) is 43.9 Å². The molecule has 1 atom stereocenters. The van der Waals surface area contributed by atoms with Crippen LogP contribution in [0.5, 0.6) is 5.88 Å². The van der Waals surface area contributed by atoms with Gasteiger partial charge in [-0.3, -0.25) is 4.68 Å². The molecule has 1 aliphatic rings. The summed E-state index contributed by atoms with van der Waals surface area (Å²) in [5.74, 6) is -0.0257. The lowest BCUT2D eigenvalue weighted by molar-refractivity contribution is -0.137. The van der Waals surface area contributed by atoms with Crippen LogP contribution >= 0.6 is 0 Å². The van der Waals surface area contributed by atoms with Gasteiger partial charge in [0.25, 0.3) is 10.1 Å². The van der Waals surface area contributed by atoms with Gasteiger partial charge in [0.1, 0.15) is 5.69 Å². The number of hydroxylamine groups is 1. The number of nitrogens with zero attached hydrogens (tertiary/aromatic N) is 4. The number of benzene rings is 1. The SMILES string of the molecule is COc1nc(-c2ccccc2C(F)(F)F)cc2c1NC(c1cc(C(C)(C)C)nn1C)N2OS(C)(=O)=O. The smallest absolute Gasteiger partial charge is 0.417 e. The summed E-state index contributed by atoms with van der Waals surface area (Å²) in [6.07, 6.45) is -4.65. The van der Waals surface area contributed by atoms with Gasteiger partial charge >= 0.3 is 6.18 Å². The first-order chi connectivity index (χ1) is 16.6. The molecule has 0 spiro atoms. The second-order valence-corrected chi connectivity index (χ2v) is 11.0. The summed E-state index contributed by atoms with van der Waals surface area (Å²) >= 11 is 0. The van der Waals surface area contributed by atoms with Gasteiger partial charge in [0, 0.05) is 18.0 Å². The third-order valence-corrected chi connectivity index (χ3v) is 6.03. The summed E-state index contributed by atoms with van der Waals surface area (Å²) in [5.41, 5.74) is 0.270. The van der Waals surface area contributed by atoms with E-state index in [1.54, 1.807) is 11.7 Å². The predicted octanol–water partition coefficient (Wildman–Crippen LogP) is 4.63. The average Bonchev–Trinajstić information content (AvgIpc) is 3.32. The molecule has 13 heteroatoms. The summed E-state index contributed by atoms with van der Waals surface area (Å²) in [5, 5.41) is 8.76. The molecule has 1 aliphatic heterocycles. The van der Waals surface area contributed by atoms with Gasteiger partial charge in [0.2, 0.25) is 5.88 Å². The normalized spacial score (nSPS) is 16.1. The average molecular weight is 526 g/mol. The first-order valence-electron chi connectivity index (χ1n) is 10.9. The highest BCUT2D eigenvalue weighted by Gasteiger charge is 2.40. The van der Waals surface area contributed by atoms with Crippen molar-refractivity contribution in [3.05, 3.63) is 53.3 Å². The molecule has 1 aromatic carbocycles. The van der Waals surface area contributed by atoms with E-state index in [1.807, 2.05) is 26.8 Å². The Morgan fingerprint density at radius 2 is 1.78 bits per heavy atom.